The van der Waals surface area contributed by atoms with Crippen LogP contribution in [0.5, 0.6) is 5.88 Å². The number of nitrogens with two attached hydrogens (primary N) is 1. The molecular formula is C15H17F2N3O. The Balaban J connectivity index is 2.05. The quantitative estimate of drug-likeness (QED) is 0.631. The lowest BCUT2D eigenvalue weighted by atomic mass is 10.00. The minimum Gasteiger partial charge on any atom is -0.481 e. The zero-order valence-corrected chi connectivity index (χ0v) is 11.6. The van der Waals surface area contributed by atoms with Crippen LogP contribution in [0, 0.1) is 11.6 Å². The molecule has 0 aliphatic heterocycles. The van der Waals surface area contributed by atoms with E-state index in [0.717, 1.165) is 11.6 Å². The first-order chi connectivity index (χ1) is 10.1. The highest BCUT2D eigenvalue weighted by atomic mass is 19.1. The molecule has 0 aliphatic rings. The number of nitrogens with one attached hydrogen (secondary N) is 1. The smallest absolute Gasteiger partial charge is 0.212 e. The molecule has 0 aliphatic carbocycles. The van der Waals surface area contributed by atoms with Crippen LogP contribution in [0.4, 0.5) is 8.78 Å². The van der Waals surface area contributed by atoms with Crippen molar-refractivity contribution in [3.05, 3.63) is 59.3 Å². The van der Waals surface area contributed by atoms with Crippen LogP contribution in [0.25, 0.3) is 0 Å². The van der Waals surface area contributed by atoms with Crippen LogP contribution in [0.3, 0.4) is 0 Å². The van der Waals surface area contributed by atoms with Crippen molar-refractivity contribution in [2.75, 3.05) is 7.11 Å². The van der Waals surface area contributed by atoms with Gasteiger partial charge in [-0.3, -0.25) is 11.3 Å². The second kappa shape index (κ2) is 7.10. The molecule has 1 aromatic heterocycles. The van der Waals surface area contributed by atoms with Crippen molar-refractivity contribution in [1.82, 2.24) is 10.4 Å². The number of aromatic nitrogens is 1. The number of halogens is 2. The van der Waals surface area contributed by atoms with Gasteiger partial charge in [-0.2, -0.15) is 0 Å². The lowest BCUT2D eigenvalue weighted by molar-refractivity contribution is 0.397. The fourth-order valence-electron chi connectivity index (χ4n) is 2.08. The topological polar surface area (TPSA) is 60.2 Å². The largest absolute Gasteiger partial charge is 0.481 e. The van der Waals surface area contributed by atoms with Gasteiger partial charge in [0.15, 0.2) is 0 Å². The summed E-state index contributed by atoms with van der Waals surface area (Å²) < 4.78 is 31.5. The molecule has 0 amide bonds. The lowest BCUT2D eigenvalue weighted by Gasteiger charge is -2.16. The zero-order valence-electron chi connectivity index (χ0n) is 11.6. The summed E-state index contributed by atoms with van der Waals surface area (Å²) in [5.41, 5.74) is 4.01. The highest BCUT2D eigenvalue weighted by molar-refractivity contribution is 5.22. The molecule has 4 nitrogen and oxygen atoms in total. The minimum absolute atomic E-state index is 0.180. The van der Waals surface area contributed by atoms with Crippen LogP contribution in [0.15, 0.2) is 36.5 Å². The SMILES string of the molecule is COc1ccc(CC(Cc2ccc(F)cc2F)NN)cn1. The normalized spacial score (nSPS) is 12.2. The summed E-state index contributed by atoms with van der Waals surface area (Å²) in [5, 5.41) is 0. The van der Waals surface area contributed by atoms with Crippen molar-refractivity contribution in [3.8, 4) is 5.88 Å². The van der Waals surface area contributed by atoms with Crippen LogP contribution in [-0.2, 0) is 12.8 Å². The standard InChI is InChI=1S/C15H17F2N3O/c1-21-15-5-2-10(9-19-15)6-13(20-18)7-11-3-4-12(16)8-14(11)17/h2-5,8-9,13,20H,6-7,18H2,1H3. The van der Waals surface area contributed by atoms with Crippen molar-refractivity contribution < 1.29 is 13.5 Å². The van der Waals surface area contributed by atoms with Crippen molar-refractivity contribution >= 4 is 0 Å². The van der Waals surface area contributed by atoms with Gasteiger partial charge < -0.3 is 4.74 Å². The first-order valence-corrected chi connectivity index (χ1v) is 6.51. The summed E-state index contributed by atoms with van der Waals surface area (Å²) in [6, 6.07) is 6.98. The van der Waals surface area contributed by atoms with Crippen LogP contribution in [0.2, 0.25) is 0 Å². The van der Waals surface area contributed by atoms with E-state index in [1.165, 1.54) is 12.1 Å². The van der Waals surface area contributed by atoms with E-state index in [-0.39, 0.29) is 6.04 Å². The average Bonchev–Trinajstić information content (AvgIpc) is 2.49. The predicted octanol–water partition coefficient (Wildman–Crippen LogP) is 1.99. The molecule has 112 valence electrons. The molecule has 0 bridgehead atoms. The Hall–Kier alpha value is -2.05. The van der Waals surface area contributed by atoms with E-state index in [1.807, 2.05) is 6.07 Å². The average molecular weight is 293 g/mol. The van der Waals surface area contributed by atoms with Gasteiger partial charge in [-0.05, 0) is 30.0 Å². The molecule has 21 heavy (non-hydrogen) atoms. The van der Waals surface area contributed by atoms with E-state index in [2.05, 4.69) is 10.4 Å². The first-order valence-electron chi connectivity index (χ1n) is 6.51. The van der Waals surface area contributed by atoms with Crippen molar-refractivity contribution in [2.24, 2.45) is 5.84 Å². The fourth-order valence-corrected chi connectivity index (χ4v) is 2.08. The summed E-state index contributed by atoms with van der Waals surface area (Å²) in [5.74, 6) is 4.88. The van der Waals surface area contributed by atoms with Gasteiger partial charge in [0, 0.05) is 24.4 Å². The van der Waals surface area contributed by atoms with Crippen LogP contribution in [0.1, 0.15) is 11.1 Å². The van der Waals surface area contributed by atoms with Gasteiger partial charge in [0.1, 0.15) is 11.6 Å². The maximum atomic E-state index is 13.6. The highest BCUT2D eigenvalue weighted by Crippen LogP contribution is 2.14. The van der Waals surface area contributed by atoms with Crippen LogP contribution in [-0.4, -0.2) is 18.1 Å². The number of nitrogens with zero attached hydrogens (tertiary/aromatic N) is 1. The first kappa shape index (κ1) is 15.3. The number of benzene rings is 1. The molecule has 0 saturated carbocycles. The number of hydrogen-bond acceptors (Lipinski definition) is 4. The predicted molar refractivity (Wildman–Crippen MR) is 75.7 cm³/mol. The molecule has 1 heterocycles. The van der Waals surface area contributed by atoms with Gasteiger partial charge in [0.05, 0.1) is 7.11 Å². The Labute approximate surface area is 121 Å². The van der Waals surface area contributed by atoms with Crippen molar-refractivity contribution in [1.29, 1.82) is 0 Å². The molecule has 2 rings (SSSR count). The van der Waals surface area contributed by atoms with Gasteiger partial charge in [-0.1, -0.05) is 12.1 Å². The number of rotatable bonds is 6. The summed E-state index contributed by atoms with van der Waals surface area (Å²) in [4.78, 5) is 4.11. The Morgan fingerprint density at radius 2 is 2.05 bits per heavy atom. The van der Waals surface area contributed by atoms with E-state index in [1.54, 1.807) is 19.4 Å². The third-order valence-corrected chi connectivity index (χ3v) is 3.21. The third kappa shape index (κ3) is 4.21. The zero-order chi connectivity index (χ0) is 15.2. The molecule has 1 unspecified atom stereocenters. The number of ether oxygens (including phenoxy) is 1. The highest BCUT2D eigenvalue weighted by Gasteiger charge is 2.13. The van der Waals surface area contributed by atoms with Gasteiger partial charge in [-0.15, -0.1) is 0 Å². The molecule has 3 N–H and O–H groups in total. The van der Waals surface area contributed by atoms with E-state index in [0.29, 0.717) is 24.3 Å². The van der Waals surface area contributed by atoms with E-state index < -0.39 is 11.6 Å². The number of hydrogen-bond donors (Lipinski definition) is 2. The van der Waals surface area contributed by atoms with Gasteiger partial charge in [0.2, 0.25) is 5.88 Å². The maximum absolute atomic E-state index is 13.6. The summed E-state index contributed by atoms with van der Waals surface area (Å²) in [6.07, 6.45) is 2.61. The van der Waals surface area contributed by atoms with E-state index in [9.17, 15) is 8.78 Å². The van der Waals surface area contributed by atoms with Crippen LogP contribution >= 0.6 is 0 Å². The second-order valence-corrected chi connectivity index (χ2v) is 4.72. The molecular weight excluding hydrogens is 276 g/mol. The summed E-state index contributed by atoms with van der Waals surface area (Å²) >= 11 is 0. The Morgan fingerprint density at radius 1 is 1.24 bits per heavy atom. The van der Waals surface area contributed by atoms with Gasteiger partial charge in [-0.25, -0.2) is 13.8 Å². The Bertz CT molecular complexity index is 590. The second-order valence-electron chi connectivity index (χ2n) is 4.72. The lowest BCUT2D eigenvalue weighted by Crippen LogP contribution is -2.38. The summed E-state index contributed by atoms with van der Waals surface area (Å²) in [7, 11) is 1.55. The van der Waals surface area contributed by atoms with Gasteiger partial charge >= 0.3 is 0 Å². The van der Waals surface area contributed by atoms with Crippen molar-refractivity contribution in [3.63, 3.8) is 0 Å². The minimum atomic E-state index is -0.590. The molecule has 0 saturated heterocycles. The Morgan fingerprint density at radius 3 is 2.62 bits per heavy atom. The molecule has 1 atom stereocenters. The fraction of sp³-hybridized carbons (Fsp3) is 0.267. The van der Waals surface area contributed by atoms with E-state index in [4.69, 9.17) is 10.6 Å². The maximum Gasteiger partial charge on any atom is 0.212 e. The number of pyridine rings is 1. The molecule has 2 aromatic rings. The molecule has 0 fully saturated rings. The number of hydrazine groups is 1. The molecule has 0 spiro atoms. The van der Waals surface area contributed by atoms with E-state index >= 15 is 0 Å². The van der Waals surface area contributed by atoms with Gasteiger partial charge in [0.25, 0.3) is 0 Å². The van der Waals surface area contributed by atoms with Crippen molar-refractivity contribution in [2.45, 2.75) is 18.9 Å². The summed E-state index contributed by atoms with van der Waals surface area (Å²) in [6.45, 7) is 0. The molecule has 6 heteroatoms. The third-order valence-electron chi connectivity index (χ3n) is 3.21. The molecule has 0 radical (unpaired) electrons. The van der Waals surface area contributed by atoms with Crippen LogP contribution < -0.4 is 16.0 Å². The monoisotopic (exact) mass is 293 g/mol. The number of methoxy groups -OCH3 is 1. The molecule has 1 aromatic carbocycles. The Kier molecular flexibility index (Phi) is 5.19.